The maximum absolute atomic E-state index is 10.5. The van der Waals surface area contributed by atoms with Crippen molar-refractivity contribution in [3.05, 3.63) is 42.6 Å². The van der Waals surface area contributed by atoms with Crippen LogP contribution in [0.2, 0.25) is 0 Å². The number of aliphatic carboxylic acids is 1. The van der Waals surface area contributed by atoms with Crippen molar-refractivity contribution < 1.29 is 14.6 Å². The Morgan fingerprint density at radius 1 is 1.25 bits per heavy atom. The number of benzene rings is 1. The summed E-state index contributed by atoms with van der Waals surface area (Å²) in [4.78, 5) is 15.0. The molecule has 0 spiro atoms. The summed E-state index contributed by atoms with van der Waals surface area (Å²) in [6.45, 7) is 0.418. The molecule has 1 aromatic carbocycles. The van der Waals surface area contributed by atoms with Crippen LogP contribution in [0.1, 0.15) is 25.7 Å². The van der Waals surface area contributed by atoms with Gasteiger partial charge in [-0.05, 0) is 48.9 Å². The molecule has 5 heteroatoms. The van der Waals surface area contributed by atoms with Gasteiger partial charge in [0.25, 0.3) is 0 Å². The van der Waals surface area contributed by atoms with Gasteiger partial charge in [0.2, 0.25) is 0 Å². The van der Waals surface area contributed by atoms with E-state index in [4.69, 9.17) is 9.84 Å². The Hall–Kier alpha value is -2.01. The molecule has 1 saturated carbocycles. The van der Waals surface area contributed by atoms with Gasteiger partial charge in [-0.3, -0.25) is 4.79 Å². The summed E-state index contributed by atoms with van der Waals surface area (Å²) >= 11 is 1.84. The largest absolute Gasteiger partial charge is 0.494 e. The lowest BCUT2D eigenvalue weighted by molar-refractivity contribution is -0.137. The van der Waals surface area contributed by atoms with Gasteiger partial charge in [0.05, 0.1) is 6.61 Å². The Morgan fingerprint density at radius 3 is 2.75 bits per heavy atom. The summed E-state index contributed by atoms with van der Waals surface area (Å²) in [5.74, 6) is 1.99. The molecule has 1 N–H and O–H groups in total. The third kappa shape index (κ3) is 4.99. The number of carbonyl (C=O) groups is 1. The average Bonchev–Trinajstić information content (AvgIpc) is 3.42. The molecule has 24 heavy (non-hydrogen) atoms. The zero-order valence-corrected chi connectivity index (χ0v) is 14.3. The third-order valence-corrected chi connectivity index (χ3v) is 5.13. The molecule has 2 aromatic rings. The molecule has 0 saturated heterocycles. The third-order valence-electron chi connectivity index (χ3n) is 3.89. The number of aromatic nitrogens is 1. The van der Waals surface area contributed by atoms with E-state index < -0.39 is 5.97 Å². The first-order valence-corrected chi connectivity index (χ1v) is 9.24. The van der Waals surface area contributed by atoms with Crippen molar-refractivity contribution in [3.63, 3.8) is 0 Å². The summed E-state index contributed by atoms with van der Waals surface area (Å²) in [5, 5.41) is 9.70. The second-order valence-electron chi connectivity index (χ2n) is 5.98. The molecule has 4 nitrogen and oxygen atoms in total. The number of ether oxygens (including phenoxy) is 1. The Morgan fingerprint density at radius 2 is 2.04 bits per heavy atom. The lowest BCUT2D eigenvalue weighted by Gasteiger charge is -2.10. The Labute approximate surface area is 146 Å². The number of carboxylic acids is 1. The maximum Gasteiger partial charge on any atom is 0.303 e. The molecule has 1 aliphatic rings. The van der Waals surface area contributed by atoms with Crippen molar-refractivity contribution in [1.29, 1.82) is 0 Å². The Bertz CT molecular complexity index is 683. The van der Waals surface area contributed by atoms with Gasteiger partial charge >= 0.3 is 5.97 Å². The van der Waals surface area contributed by atoms with E-state index >= 15 is 0 Å². The molecule has 3 rings (SSSR count). The van der Waals surface area contributed by atoms with Crippen LogP contribution in [-0.4, -0.2) is 28.4 Å². The molecule has 0 aliphatic heterocycles. The Balaban J connectivity index is 1.61. The molecule has 1 heterocycles. The van der Waals surface area contributed by atoms with Crippen molar-refractivity contribution >= 4 is 17.7 Å². The van der Waals surface area contributed by atoms with E-state index in [-0.39, 0.29) is 6.42 Å². The SMILES string of the molecule is O=C(O)CCCOc1ccc(-c2cccnc2SCC2CC2)cc1. The first kappa shape index (κ1) is 16.8. The van der Waals surface area contributed by atoms with E-state index in [1.54, 1.807) is 0 Å². The highest BCUT2D eigenvalue weighted by molar-refractivity contribution is 7.99. The molecule has 0 radical (unpaired) electrons. The van der Waals surface area contributed by atoms with Gasteiger partial charge in [0.1, 0.15) is 10.8 Å². The van der Waals surface area contributed by atoms with Crippen LogP contribution in [0.4, 0.5) is 0 Å². The summed E-state index contributed by atoms with van der Waals surface area (Å²) in [7, 11) is 0. The predicted molar refractivity (Wildman–Crippen MR) is 95.5 cm³/mol. The minimum Gasteiger partial charge on any atom is -0.494 e. The lowest BCUT2D eigenvalue weighted by atomic mass is 10.1. The number of nitrogens with zero attached hydrogens (tertiary/aromatic N) is 1. The fraction of sp³-hybridized carbons (Fsp3) is 0.368. The topological polar surface area (TPSA) is 59.4 Å². The van der Waals surface area contributed by atoms with E-state index in [9.17, 15) is 4.79 Å². The van der Waals surface area contributed by atoms with Crippen molar-refractivity contribution in [2.24, 2.45) is 5.92 Å². The highest BCUT2D eigenvalue weighted by Gasteiger charge is 2.22. The maximum atomic E-state index is 10.5. The first-order chi connectivity index (χ1) is 11.7. The van der Waals surface area contributed by atoms with Crippen LogP contribution >= 0.6 is 11.8 Å². The highest BCUT2D eigenvalue weighted by atomic mass is 32.2. The minimum atomic E-state index is -0.790. The number of pyridine rings is 1. The monoisotopic (exact) mass is 343 g/mol. The molecule has 0 amide bonds. The van der Waals surface area contributed by atoms with E-state index in [1.807, 2.05) is 48.3 Å². The summed E-state index contributed by atoms with van der Waals surface area (Å²) < 4.78 is 5.58. The molecule has 0 atom stereocenters. The van der Waals surface area contributed by atoms with Crippen LogP contribution in [0.3, 0.4) is 0 Å². The Kier molecular flexibility index (Phi) is 5.75. The quantitative estimate of drug-likeness (QED) is 0.537. The van der Waals surface area contributed by atoms with Gasteiger partial charge in [-0.2, -0.15) is 0 Å². The molecule has 1 aromatic heterocycles. The van der Waals surface area contributed by atoms with E-state index in [0.29, 0.717) is 13.0 Å². The highest BCUT2D eigenvalue weighted by Crippen LogP contribution is 2.37. The molecular formula is C19H21NO3S. The van der Waals surface area contributed by atoms with Crippen LogP contribution in [0, 0.1) is 5.92 Å². The lowest BCUT2D eigenvalue weighted by Crippen LogP contribution is -2.01. The van der Waals surface area contributed by atoms with Gasteiger partial charge < -0.3 is 9.84 Å². The van der Waals surface area contributed by atoms with Crippen LogP contribution in [-0.2, 0) is 4.79 Å². The van der Waals surface area contributed by atoms with Crippen molar-refractivity contribution in [3.8, 4) is 16.9 Å². The molecule has 0 unspecified atom stereocenters. The number of thioether (sulfide) groups is 1. The summed E-state index contributed by atoms with van der Waals surface area (Å²) in [6, 6.07) is 12.0. The van der Waals surface area contributed by atoms with Gasteiger partial charge in [0, 0.05) is 23.9 Å². The second kappa shape index (κ2) is 8.20. The molecular weight excluding hydrogens is 322 g/mol. The van der Waals surface area contributed by atoms with Gasteiger partial charge in [-0.25, -0.2) is 4.98 Å². The van der Waals surface area contributed by atoms with Gasteiger partial charge in [0.15, 0.2) is 0 Å². The number of rotatable bonds is 9. The van der Waals surface area contributed by atoms with Crippen LogP contribution in [0.25, 0.3) is 11.1 Å². The summed E-state index contributed by atoms with van der Waals surface area (Å²) in [5.41, 5.74) is 2.28. The van der Waals surface area contributed by atoms with Gasteiger partial charge in [-0.15, -0.1) is 11.8 Å². The second-order valence-corrected chi connectivity index (χ2v) is 6.99. The fourth-order valence-electron chi connectivity index (χ4n) is 2.35. The van der Waals surface area contributed by atoms with E-state index in [2.05, 4.69) is 11.1 Å². The van der Waals surface area contributed by atoms with Crippen LogP contribution in [0.5, 0.6) is 5.75 Å². The number of carboxylic acid groups (broad SMARTS) is 1. The number of hydrogen-bond donors (Lipinski definition) is 1. The first-order valence-electron chi connectivity index (χ1n) is 8.25. The average molecular weight is 343 g/mol. The molecule has 0 bridgehead atoms. The minimum absolute atomic E-state index is 0.134. The zero-order valence-electron chi connectivity index (χ0n) is 13.5. The van der Waals surface area contributed by atoms with Crippen LogP contribution in [0.15, 0.2) is 47.6 Å². The van der Waals surface area contributed by atoms with Crippen molar-refractivity contribution in [2.45, 2.75) is 30.7 Å². The fourth-order valence-corrected chi connectivity index (χ4v) is 3.55. The van der Waals surface area contributed by atoms with Crippen molar-refractivity contribution in [2.75, 3.05) is 12.4 Å². The van der Waals surface area contributed by atoms with E-state index in [0.717, 1.165) is 33.6 Å². The number of hydrogen-bond acceptors (Lipinski definition) is 4. The zero-order chi connectivity index (χ0) is 16.8. The van der Waals surface area contributed by atoms with Crippen LogP contribution < -0.4 is 4.74 Å². The molecule has 1 fully saturated rings. The normalized spacial score (nSPS) is 13.7. The predicted octanol–water partition coefficient (Wildman–Crippen LogP) is 4.49. The molecule has 1 aliphatic carbocycles. The van der Waals surface area contributed by atoms with Crippen molar-refractivity contribution in [1.82, 2.24) is 4.98 Å². The van der Waals surface area contributed by atoms with E-state index in [1.165, 1.54) is 12.8 Å². The smallest absolute Gasteiger partial charge is 0.303 e. The molecule has 126 valence electrons. The standard InChI is InChI=1S/C19H21NO3S/c21-18(22)4-2-12-23-16-9-7-15(8-10-16)17-3-1-11-20-19(17)24-13-14-5-6-14/h1,3,7-11,14H,2,4-6,12-13H2,(H,21,22). The summed E-state index contributed by atoms with van der Waals surface area (Å²) in [6.07, 6.45) is 5.20. The van der Waals surface area contributed by atoms with Gasteiger partial charge in [-0.1, -0.05) is 18.2 Å².